The molecule has 0 bridgehead atoms. The van der Waals surface area contributed by atoms with Gasteiger partial charge in [0, 0.05) is 11.5 Å². The molecule has 0 atom stereocenters. The maximum absolute atomic E-state index is 8.65. The number of phenols is 2. The summed E-state index contributed by atoms with van der Waals surface area (Å²) in [6, 6.07) is 6.79. The van der Waals surface area contributed by atoms with Gasteiger partial charge in [-0.15, -0.1) is 12.1 Å². The standard InChI is InChI=1S/C6H5O2.Y/c7-5-3-1-2-4-6(5)8;/h1,3-4,7-8H;/q-1;+3. The summed E-state index contributed by atoms with van der Waals surface area (Å²) in [5, 5.41) is 17.3. The van der Waals surface area contributed by atoms with E-state index in [1.54, 1.807) is 0 Å². The van der Waals surface area contributed by atoms with E-state index >= 15 is 0 Å². The summed E-state index contributed by atoms with van der Waals surface area (Å²) in [6.07, 6.45) is 0. The van der Waals surface area contributed by atoms with Crippen molar-refractivity contribution in [3.8, 4) is 11.5 Å². The zero-order valence-electron chi connectivity index (χ0n) is 4.70. The van der Waals surface area contributed by atoms with Crippen molar-refractivity contribution in [3.05, 3.63) is 24.3 Å². The van der Waals surface area contributed by atoms with Gasteiger partial charge in [-0.05, 0) is 0 Å². The van der Waals surface area contributed by atoms with E-state index in [9.17, 15) is 0 Å². The Balaban J connectivity index is 0.000000640. The number of hydrogen-bond acceptors (Lipinski definition) is 2. The molecule has 9 heavy (non-hydrogen) atoms. The molecule has 2 nitrogen and oxygen atoms in total. The van der Waals surface area contributed by atoms with Crippen LogP contribution in [-0.2, 0) is 32.7 Å². The summed E-state index contributed by atoms with van der Waals surface area (Å²) in [5.41, 5.74) is 0. The monoisotopic (exact) mass is 198 g/mol. The van der Waals surface area contributed by atoms with Crippen LogP contribution in [-0.4, -0.2) is 10.2 Å². The summed E-state index contributed by atoms with van der Waals surface area (Å²) in [7, 11) is 0. The molecule has 3 heteroatoms. The first-order valence-electron chi connectivity index (χ1n) is 2.19. The van der Waals surface area contributed by atoms with Crippen LogP contribution in [0.3, 0.4) is 0 Å². The van der Waals surface area contributed by atoms with Gasteiger partial charge in [0.05, 0.1) is 0 Å². The molecule has 0 saturated heterocycles. The molecule has 0 aliphatic heterocycles. The molecular formula is C6H5O2Y+2. The normalized spacial score (nSPS) is 8.00. The van der Waals surface area contributed by atoms with Gasteiger partial charge in [0.2, 0.25) is 0 Å². The van der Waals surface area contributed by atoms with Crippen molar-refractivity contribution < 1.29 is 42.9 Å². The van der Waals surface area contributed by atoms with Gasteiger partial charge in [-0.2, -0.15) is 12.1 Å². The average Bonchev–Trinajstić information content (AvgIpc) is 1.77. The van der Waals surface area contributed by atoms with Crippen molar-refractivity contribution in [1.82, 2.24) is 0 Å². The molecule has 0 unspecified atom stereocenters. The number of aromatic hydroxyl groups is 2. The van der Waals surface area contributed by atoms with Crippen molar-refractivity contribution in [2.75, 3.05) is 0 Å². The number of rotatable bonds is 0. The van der Waals surface area contributed by atoms with E-state index in [4.69, 9.17) is 10.2 Å². The van der Waals surface area contributed by atoms with Crippen LogP contribution in [0, 0.1) is 6.07 Å². The fraction of sp³-hybridized carbons (Fsp3) is 0. The molecule has 0 heterocycles. The van der Waals surface area contributed by atoms with Gasteiger partial charge in [0.15, 0.2) is 0 Å². The minimum Gasteiger partial charge on any atom is -0.562 e. The Labute approximate surface area is 78.4 Å². The Kier molecular flexibility index (Phi) is 3.82. The first-order chi connectivity index (χ1) is 3.80. The third kappa shape index (κ3) is 2.33. The Morgan fingerprint density at radius 2 is 1.89 bits per heavy atom. The minimum absolute atomic E-state index is 0. The van der Waals surface area contributed by atoms with Gasteiger partial charge in [0.25, 0.3) is 0 Å². The van der Waals surface area contributed by atoms with Crippen LogP contribution in [0.25, 0.3) is 0 Å². The summed E-state index contributed by atoms with van der Waals surface area (Å²) >= 11 is 0. The van der Waals surface area contributed by atoms with E-state index in [2.05, 4.69) is 6.07 Å². The second-order valence-corrected chi connectivity index (χ2v) is 1.41. The van der Waals surface area contributed by atoms with Crippen molar-refractivity contribution in [3.63, 3.8) is 0 Å². The quantitative estimate of drug-likeness (QED) is 0.480. The molecular weight excluding hydrogens is 193 g/mol. The first kappa shape index (κ1) is 8.92. The zero-order valence-corrected chi connectivity index (χ0v) is 7.54. The molecule has 1 aromatic carbocycles. The third-order valence-corrected chi connectivity index (χ3v) is 0.820. The van der Waals surface area contributed by atoms with Crippen LogP contribution in [0.5, 0.6) is 11.5 Å². The Hall–Kier alpha value is -0.0761. The average molecular weight is 198 g/mol. The summed E-state index contributed by atoms with van der Waals surface area (Å²) in [4.78, 5) is 0. The number of phenolic OH excluding ortho intramolecular Hbond substituents is 2. The van der Waals surface area contributed by atoms with E-state index < -0.39 is 0 Å². The van der Waals surface area contributed by atoms with Crippen LogP contribution >= 0.6 is 0 Å². The van der Waals surface area contributed by atoms with Gasteiger partial charge in [-0.3, -0.25) is 0 Å². The molecule has 0 amide bonds. The molecule has 0 aliphatic carbocycles. The molecule has 0 fully saturated rings. The first-order valence-corrected chi connectivity index (χ1v) is 2.19. The van der Waals surface area contributed by atoms with E-state index in [-0.39, 0.29) is 44.2 Å². The van der Waals surface area contributed by atoms with Crippen LogP contribution in [0.4, 0.5) is 0 Å². The van der Waals surface area contributed by atoms with E-state index in [1.807, 2.05) is 0 Å². The van der Waals surface area contributed by atoms with Crippen molar-refractivity contribution >= 4 is 0 Å². The molecule has 42 valence electrons. The fourth-order valence-electron chi connectivity index (χ4n) is 0.413. The van der Waals surface area contributed by atoms with Crippen LogP contribution < -0.4 is 0 Å². The second-order valence-electron chi connectivity index (χ2n) is 1.41. The minimum atomic E-state index is -0.132. The second kappa shape index (κ2) is 3.86. The predicted octanol–water partition coefficient (Wildman–Crippen LogP) is 0.895. The molecule has 0 radical (unpaired) electrons. The Morgan fingerprint density at radius 1 is 1.22 bits per heavy atom. The maximum Gasteiger partial charge on any atom is 3.00 e. The van der Waals surface area contributed by atoms with E-state index in [0.29, 0.717) is 0 Å². The Morgan fingerprint density at radius 3 is 2.22 bits per heavy atom. The summed E-state index contributed by atoms with van der Waals surface area (Å²) in [6.45, 7) is 0. The molecule has 0 saturated carbocycles. The molecule has 0 aliphatic rings. The Bertz CT molecular complexity index is 167. The van der Waals surface area contributed by atoms with Crippen molar-refractivity contribution in [1.29, 1.82) is 0 Å². The molecule has 0 spiro atoms. The third-order valence-electron chi connectivity index (χ3n) is 0.820. The van der Waals surface area contributed by atoms with Crippen LogP contribution in [0.1, 0.15) is 0 Å². The maximum atomic E-state index is 8.65. The van der Waals surface area contributed by atoms with Crippen molar-refractivity contribution in [2.24, 2.45) is 0 Å². The van der Waals surface area contributed by atoms with E-state index in [0.717, 1.165) is 0 Å². The van der Waals surface area contributed by atoms with Gasteiger partial charge < -0.3 is 10.2 Å². The van der Waals surface area contributed by atoms with Crippen LogP contribution in [0.15, 0.2) is 18.2 Å². The zero-order chi connectivity index (χ0) is 5.98. The predicted molar refractivity (Wildman–Crippen MR) is 28.6 cm³/mol. The molecule has 0 aromatic heterocycles. The molecule has 1 rings (SSSR count). The fourth-order valence-corrected chi connectivity index (χ4v) is 0.413. The van der Waals surface area contributed by atoms with Crippen LogP contribution in [0.2, 0.25) is 0 Å². The SMILES string of the molecule is Oc1c[c-]ccc1O.[Y+3]. The van der Waals surface area contributed by atoms with Crippen molar-refractivity contribution in [2.45, 2.75) is 0 Å². The van der Waals surface area contributed by atoms with Gasteiger partial charge in [-0.1, -0.05) is 0 Å². The largest absolute Gasteiger partial charge is 3.00 e. The van der Waals surface area contributed by atoms with Gasteiger partial charge >= 0.3 is 32.7 Å². The molecule has 2 N–H and O–H groups in total. The van der Waals surface area contributed by atoms with Gasteiger partial charge in [-0.25, -0.2) is 0 Å². The molecule has 1 aromatic rings. The smallest absolute Gasteiger partial charge is 0.562 e. The topological polar surface area (TPSA) is 40.5 Å². The number of hydrogen-bond donors (Lipinski definition) is 2. The van der Waals surface area contributed by atoms with Gasteiger partial charge in [0.1, 0.15) is 0 Å². The number of benzene rings is 1. The summed E-state index contributed by atoms with van der Waals surface area (Å²) < 4.78 is 0. The summed E-state index contributed by atoms with van der Waals surface area (Å²) in [5.74, 6) is -0.240. The van der Waals surface area contributed by atoms with E-state index in [1.165, 1.54) is 18.2 Å².